The molecule has 0 aromatic heterocycles. The molecule has 2 unspecified atom stereocenters. The number of hydrogen-bond acceptors (Lipinski definition) is 3. The van der Waals surface area contributed by atoms with Crippen molar-refractivity contribution in [2.45, 2.75) is 43.9 Å². The minimum Gasteiger partial charge on any atom is -0.382 e. The molecule has 1 saturated carbocycles. The smallest absolute Gasteiger partial charge is 0.162 e. The van der Waals surface area contributed by atoms with Crippen LogP contribution in [0.4, 0.5) is 5.69 Å². The van der Waals surface area contributed by atoms with E-state index in [0.717, 1.165) is 16.5 Å². The number of ketones is 1. The number of anilines is 1. The van der Waals surface area contributed by atoms with E-state index >= 15 is 0 Å². The normalized spacial score (nSPS) is 23.0. The fourth-order valence-electron chi connectivity index (χ4n) is 2.48. The number of carbonyl (C=O) groups is 1. The van der Waals surface area contributed by atoms with Crippen LogP contribution in [0.1, 0.15) is 43.0 Å². The summed E-state index contributed by atoms with van der Waals surface area (Å²) >= 11 is 1.97. The van der Waals surface area contributed by atoms with Crippen molar-refractivity contribution in [2.24, 2.45) is 0 Å². The largest absolute Gasteiger partial charge is 0.382 e. The predicted octanol–water partition coefficient (Wildman–Crippen LogP) is 3.98. The molecule has 1 fully saturated rings. The van der Waals surface area contributed by atoms with Gasteiger partial charge in [-0.05, 0) is 49.8 Å². The lowest BCUT2D eigenvalue weighted by Gasteiger charge is -2.14. The molecule has 0 radical (unpaired) electrons. The molecule has 98 valence electrons. The first-order valence-electron chi connectivity index (χ1n) is 6.65. The second-order valence-electron chi connectivity index (χ2n) is 4.87. The second kappa shape index (κ2) is 6.28. The molecule has 2 atom stereocenters. The van der Waals surface area contributed by atoms with E-state index in [1.165, 1.54) is 19.3 Å². The Morgan fingerprint density at radius 3 is 2.61 bits per heavy atom. The van der Waals surface area contributed by atoms with Gasteiger partial charge in [-0.1, -0.05) is 6.92 Å². The van der Waals surface area contributed by atoms with Crippen molar-refractivity contribution in [3.8, 4) is 0 Å². The Morgan fingerprint density at radius 2 is 2.06 bits per heavy atom. The lowest BCUT2D eigenvalue weighted by molar-refractivity contribution is 0.0988. The minimum atomic E-state index is 0.213. The Morgan fingerprint density at radius 1 is 1.33 bits per heavy atom. The Balaban J connectivity index is 1.92. The van der Waals surface area contributed by atoms with Crippen molar-refractivity contribution in [2.75, 3.05) is 11.6 Å². The molecule has 0 saturated heterocycles. The summed E-state index contributed by atoms with van der Waals surface area (Å²) in [7, 11) is 0. The highest BCUT2D eigenvalue weighted by atomic mass is 32.2. The number of thioether (sulfide) groups is 1. The van der Waals surface area contributed by atoms with E-state index in [1.54, 1.807) is 0 Å². The van der Waals surface area contributed by atoms with Crippen LogP contribution in [0.3, 0.4) is 0 Å². The predicted molar refractivity (Wildman–Crippen MR) is 79.6 cm³/mol. The third-order valence-corrected chi connectivity index (χ3v) is 4.71. The molecule has 18 heavy (non-hydrogen) atoms. The van der Waals surface area contributed by atoms with Crippen LogP contribution >= 0.6 is 11.8 Å². The van der Waals surface area contributed by atoms with Crippen molar-refractivity contribution in [1.29, 1.82) is 0 Å². The van der Waals surface area contributed by atoms with Gasteiger partial charge in [0.1, 0.15) is 0 Å². The van der Waals surface area contributed by atoms with Crippen LogP contribution in [0.2, 0.25) is 0 Å². The van der Waals surface area contributed by atoms with Crippen molar-refractivity contribution >= 4 is 23.2 Å². The molecule has 3 heteroatoms. The zero-order valence-electron chi connectivity index (χ0n) is 11.1. The summed E-state index contributed by atoms with van der Waals surface area (Å²) in [6, 6.07) is 8.49. The SMILES string of the molecule is CCC(=O)c1ccc(NC2CCC(SC)C2)cc1. The third-order valence-electron chi connectivity index (χ3n) is 3.62. The molecule has 1 aromatic rings. The Kier molecular flexibility index (Phi) is 4.70. The summed E-state index contributed by atoms with van der Waals surface area (Å²) in [5, 5.41) is 4.37. The Labute approximate surface area is 114 Å². The van der Waals surface area contributed by atoms with Gasteiger partial charge in [-0.2, -0.15) is 11.8 Å². The molecule has 0 amide bonds. The van der Waals surface area contributed by atoms with Gasteiger partial charge in [0.2, 0.25) is 0 Å². The van der Waals surface area contributed by atoms with Crippen molar-refractivity contribution in [1.82, 2.24) is 0 Å². The lowest BCUT2D eigenvalue weighted by Crippen LogP contribution is -2.15. The van der Waals surface area contributed by atoms with Crippen LogP contribution in [0.5, 0.6) is 0 Å². The zero-order valence-corrected chi connectivity index (χ0v) is 11.9. The molecule has 1 aromatic carbocycles. The van der Waals surface area contributed by atoms with E-state index in [4.69, 9.17) is 0 Å². The quantitative estimate of drug-likeness (QED) is 0.815. The van der Waals surface area contributed by atoms with Gasteiger partial charge in [0, 0.05) is 29.0 Å². The minimum absolute atomic E-state index is 0.213. The maximum absolute atomic E-state index is 11.5. The van der Waals surface area contributed by atoms with Crippen molar-refractivity contribution in [3.63, 3.8) is 0 Å². The van der Waals surface area contributed by atoms with Crippen molar-refractivity contribution in [3.05, 3.63) is 29.8 Å². The molecule has 1 aliphatic carbocycles. The second-order valence-corrected chi connectivity index (χ2v) is 6.00. The van der Waals surface area contributed by atoms with Gasteiger partial charge in [-0.3, -0.25) is 4.79 Å². The maximum Gasteiger partial charge on any atom is 0.162 e. The van der Waals surface area contributed by atoms with Crippen LogP contribution in [0, 0.1) is 0 Å². The van der Waals surface area contributed by atoms with E-state index in [9.17, 15) is 4.79 Å². The highest BCUT2D eigenvalue weighted by Gasteiger charge is 2.23. The molecule has 0 aliphatic heterocycles. The summed E-state index contributed by atoms with van der Waals surface area (Å²) < 4.78 is 0. The monoisotopic (exact) mass is 263 g/mol. The van der Waals surface area contributed by atoms with Crippen LogP contribution in [-0.4, -0.2) is 23.3 Å². The van der Waals surface area contributed by atoms with E-state index in [-0.39, 0.29) is 5.78 Å². The van der Waals surface area contributed by atoms with E-state index in [0.29, 0.717) is 12.5 Å². The Bertz CT molecular complexity index is 401. The molecule has 0 heterocycles. The molecule has 0 bridgehead atoms. The van der Waals surface area contributed by atoms with E-state index < -0.39 is 0 Å². The number of hydrogen-bond donors (Lipinski definition) is 1. The van der Waals surface area contributed by atoms with Gasteiger partial charge in [0.05, 0.1) is 0 Å². The molecule has 1 N–H and O–H groups in total. The summed E-state index contributed by atoms with van der Waals surface area (Å²) in [5.74, 6) is 0.213. The summed E-state index contributed by atoms with van der Waals surface area (Å²) in [6.45, 7) is 1.90. The van der Waals surface area contributed by atoms with Gasteiger partial charge >= 0.3 is 0 Å². The number of benzene rings is 1. The first kappa shape index (κ1) is 13.5. The third kappa shape index (κ3) is 3.29. The highest BCUT2D eigenvalue weighted by molar-refractivity contribution is 7.99. The Hall–Kier alpha value is -0.960. The van der Waals surface area contributed by atoms with E-state index in [1.807, 2.05) is 43.0 Å². The fourth-order valence-corrected chi connectivity index (χ4v) is 3.27. The number of Topliss-reactive ketones (excluding diaryl/α,β-unsaturated/α-hetero) is 1. The first-order chi connectivity index (χ1) is 8.72. The van der Waals surface area contributed by atoms with Crippen LogP contribution in [0.25, 0.3) is 0 Å². The topological polar surface area (TPSA) is 29.1 Å². The number of nitrogens with one attached hydrogen (secondary N) is 1. The van der Waals surface area contributed by atoms with Crippen LogP contribution < -0.4 is 5.32 Å². The molecular formula is C15H21NOS. The standard InChI is InChI=1S/C15H21NOS/c1-3-15(17)11-4-6-12(7-5-11)16-13-8-9-14(10-13)18-2/h4-7,13-14,16H,3,8-10H2,1-2H3. The lowest BCUT2D eigenvalue weighted by atomic mass is 10.1. The van der Waals surface area contributed by atoms with Gasteiger partial charge in [-0.15, -0.1) is 0 Å². The summed E-state index contributed by atoms with van der Waals surface area (Å²) in [4.78, 5) is 11.5. The van der Waals surface area contributed by atoms with Gasteiger partial charge < -0.3 is 5.32 Å². The average molecular weight is 263 g/mol. The van der Waals surface area contributed by atoms with Crippen LogP contribution in [0.15, 0.2) is 24.3 Å². The fraction of sp³-hybridized carbons (Fsp3) is 0.533. The number of rotatable bonds is 5. The van der Waals surface area contributed by atoms with Gasteiger partial charge in [0.15, 0.2) is 5.78 Å². The summed E-state index contributed by atoms with van der Waals surface area (Å²) in [5.41, 5.74) is 1.95. The van der Waals surface area contributed by atoms with Crippen LogP contribution in [-0.2, 0) is 0 Å². The maximum atomic E-state index is 11.5. The average Bonchev–Trinajstić information content (AvgIpc) is 2.86. The first-order valence-corrected chi connectivity index (χ1v) is 7.94. The number of carbonyl (C=O) groups excluding carboxylic acids is 1. The summed E-state index contributed by atoms with van der Waals surface area (Å²) in [6.07, 6.45) is 6.58. The van der Waals surface area contributed by atoms with Gasteiger partial charge in [-0.25, -0.2) is 0 Å². The zero-order chi connectivity index (χ0) is 13.0. The van der Waals surface area contributed by atoms with Gasteiger partial charge in [0.25, 0.3) is 0 Å². The van der Waals surface area contributed by atoms with Crippen molar-refractivity contribution < 1.29 is 4.79 Å². The molecular weight excluding hydrogens is 242 g/mol. The molecule has 2 rings (SSSR count). The molecule has 2 nitrogen and oxygen atoms in total. The highest BCUT2D eigenvalue weighted by Crippen LogP contribution is 2.30. The molecule has 0 spiro atoms. The molecule has 1 aliphatic rings. The van der Waals surface area contributed by atoms with E-state index in [2.05, 4.69) is 11.6 Å².